The number of hydrogen-bond acceptors (Lipinski definition) is 4. The van der Waals surface area contributed by atoms with Gasteiger partial charge in [-0.2, -0.15) is 13.2 Å². The minimum atomic E-state index is -4.49. The third kappa shape index (κ3) is 4.08. The van der Waals surface area contributed by atoms with Crippen LogP contribution >= 0.6 is 0 Å². The number of alkyl halides is 3. The lowest BCUT2D eigenvalue weighted by Gasteiger charge is -2.10. The first-order valence-electron chi connectivity index (χ1n) is 8.67. The predicted octanol–water partition coefficient (Wildman–Crippen LogP) is 1.87. The molecule has 8 nitrogen and oxygen atoms in total. The molecule has 1 aromatic carbocycles. The molecule has 0 bridgehead atoms. The zero-order valence-electron chi connectivity index (χ0n) is 15.7. The molecule has 2 heterocycles. The van der Waals surface area contributed by atoms with Gasteiger partial charge in [-0.1, -0.05) is 6.07 Å². The highest BCUT2D eigenvalue weighted by Crippen LogP contribution is 2.30. The van der Waals surface area contributed by atoms with Crippen molar-refractivity contribution in [3.05, 3.63) is 57.0 Å². The fourth-order valence-corrected chi connectivity index (χ4v) is 2.97. The topological polar surface area (TPSA) is 90.9 Å². The Morgan fingerprint density at radius 3 is 2.59 bits per heavy atom. The Morgan fingerprint density at radius 2 is 1.90 bits per heavy atom. The first kappa shape index (κ1) is 20.4. The standard InChI is InChI=1S/C18H18F3N5O3/c1-24-15-14(16(28)25(2)17(24)29)26(10-22-15)8-4-7-13(27)23-12-6-3-5-11(9-12)18(19,20)21/h3,5-6,9-10H,4,7-8H2,1-2H3,(H,23,27). The van der Waals surface area contributed by atoms with E-state index >= 15 is 0 Å². The average molecular weight is 409 g/mol. The van der Waals surface area contributed by atoms with Crippen LogP contribution in [0.5, 0.6) is 0 Å². The lowest BCUT2D eigenvalue weighted by Crippen LogP contribution is -2.37. The molecule has 3 aromatic rings. The summed E-state index contributed by atoms with van der Waals surface area (Å²) in [6.45, 7) is 0.278. The SMILES string of the molecule is Cn1c(=O)c2c(ncn2CCCC(=O)Nc2cccc(C(F)(F)F)c2)n(C)c1=O. The van der Waals surface area contributed by atoms with E-state index in [-0.39, 0.29) is 29.8 Å². The number of imidazole rings is 1. The molecule has 0 aliphatic carbocycles. The second kappa shape index (κ2) is 7.57. The van der Waals surface area contributed by atoms with Crippen molar-refractivity contribution in [3.63, 3.8) is 0 Å². The molecule has 154 valence electrons. The Kier molecular flexibility index (Phi) is 5.31. The van der Waals surface area contributed by atoms with Crippen LogP contribution in [0.1, 0.15) is 18.4 Å². The highest BCUT2D eigenvalue weighted by Gasteiger charge is 2.30. The van der Waals surface area contributed by atoms with Gasteiger partial charge in [0, 0.05) is 32.7 Å². The van der Waals surface area contributed by atoms with Crippen LogP contribution in [-0.4, -0.2) is 24.6 Å². The van der Waals surface area contributed by atoms with Gasteiger partial charge in [0.1, 0.15) is 0 Å². The number of rotatable bonds is 5. The number of amides is 1. The second-order valence-corrected chi connectivity index (χ2v) is 6.55. The molecule has 2 aromatic heterocycles. The fourth-order valence-electron chi connectivity index (χ4n) is 2.97. The van der Waals surface area contributed by atoms with Crippen LogP contribution in [0, 0.1) is 0 Å². The van der Waals surface area contributed by atoms with E-state index in [4.69, 9.17) is 0 Å². The highest BCUT2D eigenvalue weighted by molar-refractivity contribution is 5.90. The van der Waals surface area contributed by atoms with Crippen molar-refractivity contribution in [2.24, 2.45) is 14.1 Å². The number of carbonyl (C=O) groups excluding carboxylic acids is 1. The van der Waals surface area contributed by atoms with Gasteiger partial charge in [0.05, 0.1) is 11.9 Å². The third-order valence-electron chi connectivity index (χ3n) is 4.49. The minimum Gasteiger partial charge on any atom is -0.326 e. The van der Waals surface area contributed by atoms with E-state index in [2.05, 4.69) is 10.3 Å². The summed E-state index contributed by atoms with van der Waals surface area (Å²) in [6, 6.07) is 4.38. The minimum absolute atomic E-state index is 0.0298. The molecule has 0 atom stereocenters. The molecule has 29 heavy (non-hydrogen) atoms. The molecule has 0 saturated heterocycles. The number of aryl methyl sites for hydroxylation is 2. The first-order valence-corrected chi connectivity index (χ1v) is 8.67. The van der Waals surface area contributed by atoms with Gasteiger partial charge in [0.2, 0.25) is 5.91 Å². The number of aromatic nitrogens is 4. The first-order chi connectivity index (χ1) is 13.6. The van der Waals surface area contributed by atoms with Crippen LogP contribution in [0.25, 0.3) is 11.2 Å². The van der Waals surface area contributed by atoms with Crippen molar-refractivity contribution in [1.29, 1.82) is 0 Å². The summed E-state index contributed by atoms with van der Waals surface area (Å²) in [4.78, 5) is 40.4. The van der Waals surface area contributed by atoms with Gasteiger partial charge in [0.15, 0.2) is 11.2 Å². The molecule has 0 spiro atoms. The molecule has 0 aliphatic rings. The maximum Gasteiger partial charge on any atom is 0.416 e. The van der Waals surface area contributed by atoms with Crippen LogP contribution in [0.15, 0.2) is 40.2 Å². The fraction of sp³-hybridized carbons (Fsp3) is 0.333. The van der Waals surface area contributed by atoms with Gasteiger partial charge < -0.3 is 9.88 Å². The van der Waals surface area contributed by atoms with Gasteiger partial charge >= 0.3 is 11.9 Å². The zero-order valence-corrected chi connectivity index (χ0v) is 15.7. The molecular weight excluding hydrogens is 391 g/mol. The molecule has 0 fully saturated rings. The quantitative estimate of drug-likeness (QED) is 0.697. The summed E-state index contributed by atoms with van der Waals surface area (Å²) < 4.78 is 42.0. The van der Waals surface area contributed by atoms with Crippen molar-refractivity contribution < 1.29 is 18.0 Å². The predicted molar refractivity (Wildman–Crippen MR) is 99.5 cm³/mol. The largest absolute Gasteiger partial charge is 0.416 e. The molecule has 11 heteroatoms. The lowest BCUT2D eigenvalue weighted by molar-refractivity contribution is -0.137. The van der Waals surface area contributed by atoms with Gasteiger partial charge in [0.25, 0.3) is 5.56 Å². The average Bonchev–Trinajstić information content (AvgIpc) is 3.08. The number of anilines is 1. The van der Waals surface area contributed by atoms with Crippen LogP contribution in [0.4, 0.5) is 18.9 Å². The van der Waals surface area contributed by atoms with Crippen molar-refractivity contribution in [3.8, 4) is 0 Å². The molecule has 0 saturated carbocycles. The molecule has 0 unspecified atom stereocenters. The van der Waals surface area contributed by atoms with Gasteiger partial charge in [-0.3, -0.25) is 18.7 Å². The maximum atomic E-state index is 12.7. The van der Waals surface area contributed by atoms with Crippen LogP contribution < -0.4 is 16.6 Å². The van der Waals surface area contributed by atoms with E-state index in [0.29, 0.717) is 6.42 Å². The number of fused-ring (bicyclic) bond motifs is 1. The molecule has 1 N–H and O–H groups in total. The Morgan fingerprint density at radius 1 is 1.17 bits per heavy atom. The Labute approximate surface area is 162 Å². The normalized spacial score (nSPS) is 11.8. The summed E-state index contributed by atoms with van der Waals surface area (Å²) in [5.74, 6) is -0.450. The third-order valence-corrected chi connectivity index (χ3v) is 4.49. The van der Waals surface area contributed by atoms with E-state index in [0.717, 1.165) is 16.7 Å². The van der Waals surface area contributed by atoms with Gasteiger partial charge in [-0.15, -0.1) is 0 Å². The second-order valence-electron chi connectivity index (χ2n) is 6.55. The summed E-state index contributed by atoms with van der Waals surface area (Å²) in [7, 11) is 2.87. The van der Waals surface area contributed by atoms with Crippen molar-refractivity contribution >= 4 is 22.8 Å². The molecular formula is C18H18F3N5O3. The maximum absolute atomic E-state index is 12.7. The zero-order chi connectivity index (χ0) is 21.3. The summed E-state index contributed by atoms with van der Waals surface area (Å²) >= 11 is 0. The molecule has 1 amide bonds. The Hall–Kier alpha value is -3.37. The van der Waals surface area contributed by atoms with Crippen LogP contribution in [0.3, 0.4) is 0 Å². The van der Waals surface area contributed by atoms with Gasteiger partial charge in [-0.05, 0) is 24.6 Å². The number of halogens is 3. The van der Waals surface area contributed by atoms with Crippen LogP contribution in [0.2, 0.25) is 0 Å². The highest BCUT2D eigenvalue weighted by atomic mass is 19.4. The van der Waals surface area contributed by atoms with Crippen molar-refractivity contribution in [2.45, 2.75) is 25.6 Å². The summed E-state index contributed by atoms with van der Waals surface area (Å²) in [6.07, 6.45) is -2.73. The van der Waals surface area contributed by atoms with E-state index in [1.807, 2.05) is 0 Å². The van der Waals surface area contributed by atoms with E-state index < -0.39 is 28.9 Å². The Bertz CT molecular complexity index is 1190. The monoisotopic (exact) mass is 409 g/mol. The number of nitrogens with one attached hydrogen (secondary N) is 1. The number of benzene rings is 1. The van der Waals surface area contributed by atoms with E-state index in [1.54, 1.807) is 4.57 Å². The molecule has 0 radical (unpaired) electrons. The number of carbonyl (C=O) groups is 1. The van der Waals surface area contributed by atoms with Crippen LogP contribution in [-0.2, 0) is 31.6 Å². The molecule has 3 rings (SSSR count). The number of hydrogen-bond donors (Lipinski definition) is 1. The summed E-state index contributed by atoms with van der Waals surface area (Å²) in [5, 5.41) is 2.43. The number of nitrogens with zero attached hydrogens (tertiary/aromatic N) is 4. The molecule has 0 aliphatic heterocycles. The smallest absolute Gasteiger partial charge is 0.326 e. The lowest BCUT2D eigenvalue weighted by atomic mass is 10.2. The van der Waals surface area contributed by atoms with Gasteiger partial charge in [-0.25, -0.2) is 9.78 Å². The van der Waals surface area contributed by atoms with E-state index in [1.165, 1.54) is 37.1 Å². The Balaban J connectivity index is 1.67. The van der Waals surface area contributed by atoms with Crippen molar-refractivity contribution in [1.82, 2.24) is 18.7 Å². The summed E-state index contributed by atoms with van der Waals surface area (Å²) in [5.41, 5.74) is -1.29. The van der Waals surface area contributed by atoms with Crippen molar-refractivity contribution in [2.75, 3.05) is 5.32 Å². The van der Waals surface area contributed by atoms with E-state index in [9.17, 15) is 27.6 Å².